The molecule has 1 unspecified atom stereocenters. The van der Waals surface area contributed by atoms with E-state index in [0.717, 1.165) is 12.3 Å². The van der Waals surface area contributed by atoms with Crippen LogP contribution in [0.4, 0.5) is 19.1 Å². The van der Waals surface area contributed by atoms with Crippen LogP contribution in [0.1, 0.15) is 55.6 Å². The molecule has 3 saturated heterocycles. The Kier molecular flexibility index (Phi) is 8.70. The van der Waals surface area contributed by atoms with E-state index >= 15 is 0 Å². The van der Waals surface area contributed by atoms with E-state index in [1.807, 2.05) is 19.9 Å². The zero-order valence-corrected chi connectivity index (χ0v) is 24.1. The first kappa shape index (κ1) is 30.4. The summed E-state index contributed by atoms with van der Waals surface area (Å²) >= 11 is 0. The number of anilines is 1. The SMILES string of the molecule is CC(C)C[C@H](NC(=O)C1CCN(c2nccc(C(F)(F)F)n2)CC1)C(=O)N1CCC2[C@H]1C(=O)CN2C(=O)c1ccccc1. The molecule has 4 heterocycles. The second-order valence-corrected chi connectivity index (χ2v) is 11.8. The van der Waals surface area contributed by atoms with Crippen LogP contribution >= 0.6 is 0 Å². The lowest BCUT2D eigenvalue weighted by atomic mass is 9.94. The van der Waals surface area contributed by atoms with E-state index in [9.17, 15) is 32.3 Å². The Morgan fingerprint density at radius 2 is 1.70 bits per heavy atom. The first-order valence-electron chi connectivity index (χ1n) is 14.6. The summed E-state index contributed by atoms with van der Waals surface area (Å²) < 4.78 is 39.2. The van der Waals surface area contributed by atoms with Crippen LogP contribution in [0.25, 0.3) is 0 Å². The number of carbonyl (C=O) groups is 4. The number of nitrogens with zero attached hydrogens (tertiary/aromatic N) is 5. The van der Waals surface area contributed by atoms with E-state index in [1.165, 1.54) is 4.90 Å². The van der Waals surface area contributed by atoms with E-state index in [0.29, 0.717) is 37.8 Å². The minimum absolute atomic E-state index is 0.0360. The Morgan fingerprint density at radius 1 is 1.00 bits per heavy atom. The summed E-state index contributed by atoms with van der Waals surface area (Å²) in [4.78, 5) is 65.7. The highest BCUT2D eigenvalue weighted by Gasteiger charge is 2.52. The van der Waals surface area contributed by atoms with Crippen molar-refractivity contribution in [2.75, 3.05) is 31.1 Å². The van der Waals surface area contributed by atoms with Gasteiger partial charge in [-0.1, -0.05) is 32.0 Å². The first-order valence-corrected chi connectivity index (χ1v) is 14.6. The van der Waals surface area contributed by atoms with Gasteiger partial charge in [-0.05, 0) is 49.8 Å². The number of halogens is 3. The molecule has 0 saturated carbocycles. The lowest BCUT2D eigenvalue weighted by molar-refractivity contribution is -0.141. The number of rotatable bonds is 7. The van der Waals surface area contributed by atoms with Gasteiger partial charge in [0.15, 0.2) is 5.78 Å². The fourth-order valence-corrected chi connectivity index (χ4v) is 6.27. The van der Waals surface area contributed by atoms with Crippen LogP contribution < -0.4 is 10.2 Å². The fraction of sp³-hybridized carbons (Fsp3) is 0.533. The van der Waals surface area contributed by atoms with Crippen molar-refractivity contribution in [1.82, 2.24) is 25.1 Å². The van der Waals surface area contributed by atoms with Crippen molar-refractivity contribution >= 4 is 29.5 Å². The lowest BCUT2D eigenvalue weighted by Gasteiger charge is -2.33. The molecule has 1 aromatic heterocycles. The highest BCUT2D eigenvalue weighted by Crippen LogP contribution is 2.32. The molecule has 3 amide bonds. The lowest BCUT2D eigenvalue weighted by Crippen LogP contribution is -2.54. The predicted octanol–water partition coefficient (Wildman–Crippen LogP) is 2.94. The summed E-state index contributed by atoms with van der Waals surface area (Å²) in [6.45, 7) is 4.69. The average molecular weight is 601 g/mol. The number of carbonyl (C=O) groups excluding carboxylic acids is 4. The average Bonchev–Trinajstić information content (AvgIpc) is 3.57. The molecule has 0 aliphatic carbocycles. The molecule has 3 aliphatic rings. The maximum Gasteiger partial charge on any atom is 0.433 e. The number of aromatic nitrogens is 2. The van der Waals surface area contributed by atoms with Crippen molar-refractivity contribution in [2.45, 2.75) is 63.8 Å². The number of benzene rings is 1. The van der Waals surface area contributed by atoms with E-state index < -0.39 is 35.9 Å². The number of hydrogen-bond donors (Lipinski definition) is 1. The number of alkyl halides is 3. The number of likely N-dealkylation sites (tertiary alicyclic amines) is 2. The molecule has 230 valence electrons. The first-order chi connectivity index (χ1) is 20.4. The van der Waals surface area contributed by atoms with Gasteiger partial charge in [-0.3, -0.25) is 19.2 Å². The number of Topliss-reactive ketones (excluding diaryl/α,β-unsaturated/α-hetero) is 1. The van der Waals surface area contributed by atoms with Crippen LogP contribution in [0.5, 0.6) is 0 Å². The molecule has 0 bridgehead atoms. The van der Waals surface area contributed by atoms with E-state index in [2.05, 4.69) is 15.3 Å². The summed E-state index contributed by atoms with van der Waals surface area (Å²) in [5.74, 6) is -1.50. The normalized spacial score (nSPS) is 21.7. The van der Waals surface area contributed by atoms with Gasteiger partial charge >= 0.3 is 6.18 Å². The van der Waals surface area contributed by atoms with Gasteiger partial charge in [0.2, 0.25) is 17.8 Å². The summed E-state index contributed by atoms with van der Waals surface area (Å²) in [6.07, 6.45) is -1.95. The molecule has 0 spiro atoms. The van der Waals surface area contributed by atoms with Gasteiger partial charge in [0, 0.05) is 37.3 Å². The molecule has 3 aliphatic heterocycles. The number of nitrogens with one attached hydrogen (secondary N) is 1. The van der Waals surface area contributed by atoms with Crippen molar-refractivity contribution < 1.29 is 32.3 Å². The van der Waals surface area contributed by atoms with E-state index in [4.69, 9.17) is 0 Å². The second kappa shape index (κ2) is 12.3. The van der Waals surface area contributed by atoms with Crippen molar-refractivity contribution in [3.63, 3.8) is 0 Å². The van der Waals surface area contributed by atoms with Gasteiger partial charge in [-0.25, -0.2) is 9.97 Å². The molecule has 5 rings (SSSR count). The summed E-state index contributed by atoms with van der Waals surface area (Å²) in [5, 5.41) is 2.91. The second-order valence-electron chi connectivity index (χ2n) is 11.8. The summed E-state index contributed by atoms with van der Waals surface area (Å²) in [5.41, 5.74) is -0.541. The van der Waals surface area contributed by atoms with Crippen LogP contribution in [0, 0.1) is 11.8 Å². The molecule has 43 heavy (non-hydrogen) atoms. The molecule has 1 N–H and O–H groups in total. The Morgan fingerprint density at radius 3 is 2.35 bits per heavy atom. The molecule has 2 aromatic rings. The zero-order valence-electron chi connectivity index (χ0n) is 24.1. The Hall–Kier alpha value is -4.03. The molecule has 3 atom stereocenters. The zero-order chi connectivity index (χ0) is 30.9. The maximum absolute atomic E-state index is 13.8. The highest BCUT2D eigenvalue weighted by molar-refractivity contribution is 6.03. The Balaban J connectivity index is 1.22. The van der Waals surface area contributed by atoms with Crippen molar-refractivity contribution in [1.29, 1.82) is 0 Å². The number of piperidine rings is 1. The predicted molar refractivity (Wildman–Crippen MR) is 150 cm³/mol. The number of amides is 3. The number of ketones is 1. The standard InChI is InChI=1S/C30H35F3N6O4/c1-18(2)16-21(35-26(41)19-9-13-37(14-10-19)29-34-12-8-24(36-29)30(31,32)33)28(43)38-15-11-22-25(38)23(40)17-39(22)27(42)20-6-4-3-5-7-20/h3-8,12,18-19,21-22,25H,9-11,13-17H2,1-2H3,(H,35,41)/t21-,22?,25-/m0/s1. The van der Waals surface area contributed by atoms with Gasteiger partial charge in [-0.2, -0.15) is 13.2 Å². The van der Waals surface area contributed by atoms with Crippen LogP contribution in [-0.4, -0.2) is 87.6 Å². The monoisotopic (exact) mass is 600 g/mol. The van der Waals surface area contributed by atoms with Gasteiger partial charge in [0.1, 0.15) is 17.8 Å². The Bertz CT molecular complexity index is 1360. The van der Waals surface area contributed by atoms with Crippen LogP contribution in [-0.2, 0) is 20.6 Å². The van der Waals surface area contributed by atoms with Crippen molar-refractivity contribution in [2.24, 2.45) is 11.8 Å². The molecular formula is C30H35F3N6O4. The van der Waals surface area contributed by atoms with Crippen molar-refractivity contribution in [3.05, 3.63) is 53.9 Å². The third-order valence-electron chi connectivity index (χ3n) is 8.39. The molecule has 10 nitrogen and oxygen atoms in total. The molecule has 3 fully saturated rings. The van der Waals surface area contributed by atoms with Gasteiger partial charge in [0.05, 0.1) is 12.6 Å². The minimum atomic E-state index is -4.58. The molecule has 13 heteroatoms. The number of hydrogen-bond acceptors (Lipinski definition) is 7. The highest BCUT2D eigenvalue weighted by atomic mass is 19.4. The third-order valence-corrected chi connectivity index (χ3v) is 8.39. The third kappa shape index (κ3) is 6.50. The fourth-order valence-electron chi connectivity index (χ4n) is 6.27. The van der Waals surface area contributed by atoms with Crippen molar-refractivity contribution in [3.8, 4) is 0 Å². The van der Waals surface area contributed by atoms with Crippen LogP contribution in [0.3, 0.4) is 0 Å². The molecule has 1 aromatic carbocycles. The Labute approximate surface area is 247 Å². The largest absolute Gasteiger partial charge is 0.433 e. The van der Waals surface area contributed by atoms with E-state index in [-0.39, 0.29) is 55.0 Å². The molecular weight excluding hydrogens is 565 g/mol. The summed E-state index contributed by atoms with van der Waals surface area (Å²) in [6, 6.07) is 7.53. The smallest absolute Gasteiger partial charge is 0.344 e. The van der Waals surface area contributed by atoms with Gasteiger partial charge in [0.25, 0.3) is 5.91 Å². The van der Waals surface area contributed by atoms with Gasteiger partial charge in [-0.15, -0.1) is 0 Å². The van der Waals surface area contributed by atoms with E-state index in [1.54, 1.807) is 34.1 Å². The number of fused-ring (bicyclic) bond motifs is 1. The minimum Gasteiger partial charge on any atom is -0.344 e. The molecule has 0 radical (unpaired) electrons. The van der Waals surface area contributed by atoms with Gasteiger partial charge < -0.3 is 20.0 Å². The maximum atomic E-state index is 13.8. The van der Waals surface area contributed by atoms with Crippen LogP contribution in [0.2, 0.25) is 0 Å². The van der Waals surface area contributed by atoms with Crippen LogP contribution in [0.15, 0.2) is 42.6 Å². The topological polar surface area (TPSA) is 116 Å². The quantitative estimate of drug-likeness (QED) is 0.520. The summed E-state index contributed by atoms with van der Waals surface area (Å²) in [7, 11) is 0.